The molecule has 4 atom stereocenters. The number of tetrazole rings is 1. The van der Waals surface area contributed by atoms with Crippen LogP contribution in [0.1, 0.15) is 39.5 Å². The van der Waals surface area contributed by atoms with E-state index in [9.17, 15) is 4.79 Å². The van der Waals surface area contributed by atoms with Crippen molar-refractivity contribution < 1.29 is 14.3 Å². The molecule has 0 amide bonds. The summed E-state index contributed by atoms with van der Waals surface area (Å²) in [7, 11) is 0. The van der Waals surface area contributed by atoms with Gasteiger partial charge in [-0.05, 0) is 67.3 Å². The Hall–Kier alpha value is -2.48. The molecule has 8 nitrogen and oxygen atoms in total. The van der Waals surface area contributed by atoms with E-state index < -0.39 is 0 Å². The Morgan fingerprint density at radius 2 is 2.07 bits per heavy atom. The minimum absolute atomic E-state index is 0.120. The SMILES string of the molecule is CC(C)COC(=O)C1CC2CC(Oc3ccccc3-c3nn[nH]n3)CCC2CN1. The van der Waals surface area contributed by atoms with Crippen molar-refractivity contribution in [1.29, 1.82) is 0 Å². The lowest BCUT2D eigenvalue weighted by molar-refractivity contribution is -0.149. The highest BCUT2D eigenvalue weighted by Gasteiger charge is 2.39. The molecule has 1 aliphatic carbocycles. The van der Waals surface area contributed by atoms with E-state index in [0.29, 0.717) is 30.2 Å². The minimum Gasteiger partial charge on any atom is -0.490 e. The highest BCUT2D eigenvalue weighted by molar-refractivity contribution is 5.76. The van der Waals surface area contributed by atoms with Gasteiger partial charge in [0.1, 0.15) is 11.8 Å². The minimum atomic E-state index is -0.208. The number of rotatable bonds is 6. The van der Waals surface area contributed by atoms with Gasteiger partial charge in [-0.3, -0.25) is 4.79 Å². The number of nitrogens with zero attached hydrogens (tertiary/aromatic N) is 3. The predicted octanol–water partition coefficient (Wildman–Crippen LogP) is 2.59. The number of fused-ring (bicyclic) bond motifs is 1. The van der Waals surface area contributed by atoms with Gasteiger partial charge >= 0.3 is 5.97 Å². The molecule has 2 aromatic rings. The van der Waals surface area contributed by atoms with Gasteiger partial charge in [-0.2, -0.15) is 5.21 Å². The van der Waals surface area contributed by atoms with Gasteiger partial charge in [-0.25, -0.2) is 0 Å². The highest BCUT2D eigenvalue weighted by atomic mass is 16.5. The van der Waals surface area contributed by atoms with Crippen LogP contribution in [0.2, 0.25) is 0 Å². The van der Waals surface area contributed by atoms with Crippen LogP contribution in [0, 0.1) is 17.8 Å². The van der Waals surface area contributed by atoms with Crippen LogP contribution in [-0.4, -0.2) is 51.9 Å². The Morgan fingerprint density at radius 1 is 1.21 bits per heavy atom. The molecule has 1 aliphatic heterocycles. The van der Waals surface area contributed by atoms with E-state index in [1.165, 1.54) is 0 Å². The molecule has 0 radical (unpaired) electrons. The van der Waals surface area contributed by atoms with E-state index in [1.807, 2.05) is 38.1 Å². The molecule has 2 aliphatic rings. The average molecular weight is 399 g/mol. The summed E-state index contributed by atoms with van der Waals surface area (Å²) in [5, 5.41) is 17.7. The fraction of sp³-hybridized carbons (Fsp3) is 0.619. The van der Waals surface area contributed by atoms with Crippen molar-refractivity contribution in [3.8, 4) is 17.1 Å². The molecular formula is C21H29N5O3. The third-order valence-corrected chi connectivity index (χ3v) is 5.87. The van der Waals surface area contributed by atoms with Gasteiger partial charge in [0.05, 0.1) is 18.3 Å². The number of para-hydroxylation sites is 1. The maximum atomic E-state index is 12.4. The van der Waals surface area contributed by atoms with Crippen LogP contribution >= 0.6 is 0 Å². The first-order valence-electron chi connectivity index (χ1n) is 10.5. The fourth-order valence-corrected chi connectivity index (χ4v) is 4.37. The number of benzene rings is 1. The summed E-state index contributed by atoms with van der Waals surface area (Å²) < 4.78 is 11.8. The molecule has 2 N–H and O–H groups in total. The second-order valence-corrected chi connectivity index (χ2v) is 8.53. The maximum absolute atomic E-state index is 12.4. The molecule has 4 rings (SSSR count). The monoisotopic (exact) mass is 399 g/mol. The number of carbonyl (C=O) groups is 1. The van der Waals surface area contributed by atoms with Crippen LogP contribution in [0.5, 0.6) is 5.75 Å². The normalized spacial score (nSPS) is 26.7. The summed E-state index contributed by atoms with van der Waals surface area (Å²) in [4.78, 5) is 12.4. The number of aromatic amines is 1. The number of piperidine rings is 1. The largest absolute Gasteiger partial charge is 0.490 e. The summed E-state index contributed by atoms with van der Waals surface area (Å²) in [5.41, 5.74) is 0.837. The Kier molecular flexibility index (Phi) is 6.08. The number of hydrogen-bond donors (Lipinski definition) is 2. The van der Waals surface area contributed by atoms with Crippen LogP contribution in [0.25, 0.3) is 11.4 Å². The molecule has 4 unspecified atom stereocenters. The van der Waals surface area contributed by atoms with Crippen LogP contribution in [0.15, 0.2) is 24.3 Å². The molecule has 29 heavy (non-hydrogen) atoms. The van der Waals surface area contributed by atoms with E-state index in [4.69, 9.17) is 9.47 Å². The van der Waals surface area contributed by atoms with Gasteiger partial charge in [-0.1, -0.05) is 26.0 Å². The number of nitrogens with one attached hydrogen (secondary N) is 2. The molecule has 1 aromatic heterocycles. The van der Waals surface area contributed by atoms with E-state index in [-0.39, 0.29) is 18.1 Å². The lowest BCUT2D eigenvalue weighted by atomic mass is 9.72. The lowest BCUT2D eigenvalue weighted by Gasteiger charge is -2.41. The molecule has 1 saturated carbocycles. The van der Waals surface area contributed by atoms with Gasteiger partial charge in [0, 0.05) is 0 Å². The summed E-state index contributed by atoms with van der Waals surface area (Å²) in [6.45, 7) is 5.45. The Bertz CT molecular complexity index is 810. The van der Waals surface area contributed by atoms with E-state index in [1.54, 1.807) is 0 Å². The fourth-order valence-electron chi connectivity index (χ4n) is 4.37. The van der Waals surface area contributed by atoms with E-state index in [0.717, 1.165) is 43.5 Å². The van der Waals surface area contributed by atoms with Crippen molar-refractivity contribution in [3.63, 3.8) is 0 Å². The molecular weight excluding hydrogens is 370 g/mol. The highest BCUT2D eigenvalue weighted by Crippen LogP contribution is 2.38. The average Bonchev–Trinajstić information content (AvgIpc) is 3.26. The second kappa shape index (κ2) is 8.90. The van der Waals surface area contributed by atoms with Crippen molar-refractivity contribution in [3.05, 3.63) is 24.3 Å². The maximum Gasteiger partial charge on any atom is 0.323 e. The number of esters is 1. The van der Waals surface area contributed by atoms with Crippen LogP contribution in [0.3, 0.4) is 0 Å². The molecule has 1 aromatic carbocycles. The van der Waals surface area contributed by atoms with Gasteiger partial charge in [-0.15, -0.1) is 10.2 Å². The molecule has 2 fully saturated rings. The quantitative estimate of drug-likeness (QED) is 0.720. The zero-order valence-corrected chi connectivity index (χ0v) is 17.0. The van der Waals surface area contributed by atoms with Crippen molar-refractivity contribution in [2.24, 2.45) is 17.8 Å². The smallest absolute Gasteiger partial charge is 0.323 e. The zero-order chi connectivity index (χ0) is 20.2. The Morgan fingerprint density at radius 3 is 2.86 bits per heavy atom. The standard InChI is InChI=1S/C21H29N5O3/c1-13(2)12-28-21(27)18-10-15-9-16(8-7-14(15)11-22-18)29-19-6-4-3-5-17(19)20-23-25-26-24-20/h3-6,13-16,18,22H,7-12H2,1-2H3,(H,23,24,25,26). The molecule has 8 heteroatoms. The topological polar surface area (TPSA) is 102 Å². The number of H-pyrrole nitrogens is 1. The zero-order valence-electron chi connectivity index (χ0n) is 17.0. The molecule has 0 spiro atoms. The summed E-state index contributed by atoms with van der Waals surface area (Å²) >= 11 is 0. The predicted molar refractivity (Wildman–Crippen MR) is 107 cm³/mol. The van der Waals surface area contributed by atoms with Gasteiger partial charge < -0.3 is 14.8 Å². The second-order valence-electron chi connectivity index (χ2n) is 8.53. The lowest BCUT2D eigenvalue weighted by Crippen LogP contribution is -2.51. The molecule has 1 saturated heterocycles. The van der Waals surface area contributed by atoms with Crippen LogP contribution in [-0.2, 0) is 9.53 Å². The van der Waals surface area contributed by atoms with Crippen molar-refractivity contribution in [2.75, 3.05) is 13.2 Å². The third-order valence-electron chi connectivity index (χ3n) is 5.87. The van der Waals surface area contributed by atoms with E-state index in [2.05, 4.69) is 25.9 Å². The van der Waals surface area contributed by atoms with E-state index >= 15 is 0 Å². The summed E-state index contributed by atoms with van der Waals surface area (Å²) in [5.74, 6) is 2.59. The van der Waals surface area contributed by atoms with Gasteiger partial charge in [0.25, 0.3) is 0 Å². The number of hydrogen-bond acceptors (Lipinski definition) is 7. The number of carbonyl (C=O) groups excluding carboxylic acids is 1. The third kappa shape index (κ3) is 4.75. The van der Waals surface area contributed by atoms with Crippen LogP contribution < -0.4 is 10.1 Å². The Labute approximate surface area is 170 Å². The van der Waals surface area contributed by atoms with Crippen molar-refractivity contribution in [1.82, 2.24) is 25.9 Å². The first-order chi connectivity index (χ1) is 14.1. The number of ether oxygens (including phenoxy) is 2. The van der Waals surface area contributed by atoms with Gasteiger partial charge in [0.2, 0.25) is 5.82 Å². The molecule has 2 heterocycles. The molecule has 156 valence electrons. The summed E-state index contributed by atoms with van der Waals surface area (Å²) in [6.07, 6.45) is 3.98. The first kappa shape index (κ1) is 19.8. The molecule has 0 bridgehead atoms. The van der Waals surface area contributed by atoms with Gasteiger partial charge in [0.15, 0.2) is 0 Å². The number of aromatic nitrogens is 4. The van der Waals surface area contributed by atoms with Crippen molar-refractivity contribution in [2.45, 2.75) is 51.7 Å². The van der Waals surface area contributed by atoms with Crippen molar-refractivity contribution >= 4 is 5.97 Å². The summed E-state index contributed by atoms with van der Waals surface area (Å²) in [6, 6.07) is 7.58. The first-order valence-corrected chi connectivity index (χ1v) is 10.5. The Balaban J connectivity index is 1.38. The van der Waals surface area contributed by atoms with Crippen LogP contribution in [0.4, 0.5) is 0 Å².